The van der Waals surface area contributed by atoms with Gasteiger partial charge in [-0.15, -0.1) is 11.3 Å². The maximum Gasteiger partial charge on any atom is 0.191 e. The molecule has 28 heavy (non-hydrogen) atoms. The number of piperidine rings is 1. The van der Waals surface area contributed by atoms with Crippen LogP contribution in [0, 0.1) is 5.92 Å². The zero-order valence-corrected chi connectivity index (χ0v) is 18.2. The maximum atomic E-state index is 5.82. The Hall–Kier alpha value is -1.15. The van der Waals surface area contributed by atoms with Crippen LogP contribution >= 0.6 is 11.3 Å². The van der Waals surface area contributed by atoms with Gasteiger partial charge in [-0.05, 0) is 56.1 Å². The summed E-state index contributed by atoms with van der Waals surface area (Å²) in [5.41, 5.74) is 0. The average molecular weight is 409 g/mol. The van der Waals surface area contributed by atoms with Crippen LogP contribution in [0.4, 0.5) is 0 Å². The summed E-state index contributed by atoms with van der Waals surface area (Å²) in [4.78, 5) is 8.46. The van der Waals surface area contributed by atoms with Crippen molar-refractivity contribution in [3.63, 3.8) is 0 Å². The molecule has 7 heteroatoms. The van der Waals surface area contributed by atoms with Gasteiger partial charge in [-0.3, -0.25) is 9.89 Å². The molecule has 6 nitrogen and oxygen atoms in total. The van der Waals surface area contributed by atoms with Crippen LogP contribution in [0.5, 0.6) is 0 Å². The minimum Gasteiger partial charge on any atom is -0.379 e. The molecule has 2 aliphatic rings. The molecule has 2 atom stereocenters. The normalized spacial score (nSPS) is 23.1. The lowest BCUT2D eigenvalue weighted by atomic mass is 9.97. The Morgan fingerprint density at radius 1 is 1.36 bits per heavy atom. The Morgan fingerprint density at radius 2 is 2.21 bits per heavy atom. The Kier molecular flexibility index (Phi) is 9.05. The third-order valence-corrected chi connectivity index (χ3v) is 6.65. The highest BCUT2D eigenvalue weighted by atomic mass is 32.1. The minimum absolute atomic E-state index is 0.288. The predicted molar refractivity (Wildman–Crippen MR) is 116 cm³/mol. The second kappa shape index (κ2) is 11.8. The molecule has 1 aromatic rings. The molecule has 1 aromatic heterocycles. The highest BCUT2D eigenvalue weighted by Gasteiger charge is 2.25. The predicted octanol–water partition coefficient (Wildman–Crippen LogP) is 2.88. The number of rotatable bonds is 9. The SMILES string of the molecule is CN=C(NCCCOC1CCOC1)NCC(c1cccs1)N1CCC(C)CC1. The van der Waals surface area contributed by atoms with Gasteiger partial charge in [-0.2, -0.15) is 0 Å². The van der Waals surface area contributed by atoms with E-state index in [0.717, 1.165) is 57.6 Å². The van der Waals surface area contributed by atoms with Gasteiger partial charge in [0.1, 0.15) is 0 Å². The van der Waals surface area contributed by atoms with Crippen molar-refractivity contribution >= 4 is 17.3 Å². The van der Waals surface area contributed by atoms with Crippen molar-refractivity contribution in [2.45, 2.75) is 44.8 Å². The average Bonchev–Trinajstić information content (AvgIpc) is 3.42. The van der Waals surface area contributed by atoms with Gasteiger partial charge in [0.25, 0.3) is 0 Å². The lowest BCUT2D eigenvalue weighted by Crippen LogP contribution is -2.45. The van der Waals surface area contributed by atoms with E-state index < -0.39 is 0 Å². The number of nitrogens with zero attached hydrogens (tertiary/aromatic N) is 2. The van der Waals surface area contributed by atoms with E-state index in [-0.39, 0.29) is 6.10 Å². The molecule has 2 fully saturated rings. The molecule has 2 aliphatic heterocycles. The smallest absolute Gasteiger partial charge is 0.191 e. The number of ether oxygens (including phenoxy) is 2. The summed E-state index contributed by atoms with van der Waals surface area (Å²) >= 11 is 1.85. The van der Waals surface area contributed by atoms with E-state index in [1.165, 1.54) is 30.8 Å². The molecule has 2 unspecified atom stereocenters. The van der Waals surface area contributed by atoms with Crippen LogP contribution in [0.2, 0.25) is 0 Å². The molecule has 3 heterocycles. The van der Waals surface area contributed by atoms with Crippen molar-refractivity contribution in [1.82, 2.24) is 15.5 Å². The summed E-state index contributed by atoms with van der Waals surface area (Å²) in [7, 11) is 1.84. The van der Waals surface area contributed by atoms with Crippen LogP contribution in [0.1, 0.15) is 43.5 Å². The summed E-state index contributed by atoms with van der Waals surface area (Å²) in [5.74, 6) is 1.72. The molecule has 0 aromatic carbocycles. The number of hydrogen-bond acceptors (Lipinski definition) is 5. The third-order valence-electron chi connectivity index (χ3n) is 5.67. The van der Waals surface area contributed by atoms with E-state index in [1.54, 1.807) is 0 Å². The molecule has 3 rings (SSSR count). The molecule has 0 saturated carbocycles. The van der Waals surface area contributed by atoms with Crippen molar-refractivity contribution < 1.29 is 9.47 Å². The van der Waals surface area contributed by atoms with Gasteiger partial charge in [0.05, 0.1) is 18.8 Å². The first-order valence-corrected chi connectivity index (χ1v) is 11.6. The number of likely N-dealkylation sites (tertiary alicyclic amines) is 1. The van der Waals surface area contributed by atoms with Gasteiger partial charge < -0.3 is 20.1 Å². The first-order chi connectivity index (χ1) is 13.8. The van der Waals surface area contributed by atoms with Crippen molar-refractivity contribution in [2.24, 2.45) is 10.9 Å². The summed E-state index contributed by atoms with van der Waals surface area (Å²) < 4.78 is 11.2. The van der Waals surface area contributed by atoms with Crippen LogP contribution in [-0.4, -0.2) is 70.0 Å². The minimum atomic E-state index is 0.288. The van der Waals surface area contributed by atoms with Crippen LogP contribution in [0.15, 0.2) is 22.5 Å². The van der Waals surface area contributed by atoms with E-state index in [9.17, 15) is 0 Å². The first-order valence-electron chi connectivity index (χ1n) is 10.7. The molecular formula is C21H36N4O2S. The Bertz CT molecular complexity index is 567. The molecular weight excluding hydrogens is 372 g/mol. The summed E-state index contributed by atoms with van der Waals surface area (Å²) in [5, 5.41) is 9.14. The van der Waals surface area contributed by atoms with Gasteiger partial charge in [0.2, 0.25) is 0 Å². The summed E-state index contributed by atoms with van der Waals surface area (Å²) in [6.45, 7) is 8.81. The van der Waals surface area contributed by atoms with Crippen molar-refractivity contribution in [3.05, 3.63) is 22.4 Å². The van der Waals surface area contributed by atoms with Gasteiger partial charge in [-0.25, -0.2) is 0 Å². The number of thiophene rings is 1. The highest BCUT2D eigenvalue weighted by Crippen LogP contribution is 2.29. The van der Waals surface area contributed by atoms with E-state index in [1.807, 2.05) is 18.4 Å². The summed E-state index contributed by atoms with van der Waals surface area (Å²) in [6.07, 6.45) is 4.86. The number of aliphatic imine (C=N–C) groups is 1. The molecule has 0 radical (unpaired) electrons. The van der Waals surface area contributed by atoms with Gasteiger partial charge in [0.15, 0.2) is 5.96 Å². The second-order valence-corrected chi connectivity index (χ2v) is 8.82. The van der Waals surface area contributed by atoms with Crippen LogP contribution in [-0.2, 0) is 9.47 Å². The van der Waals surface area contributed by atoms with Gasteiger partial charge in [-0.1, -0.05) is 13.0 Å². The maximum absolute atomic E-state index is 5.82. The van der Waals surface area contributed by atoms with Crippen LogP contribution in [0.3, 0.4) is 0 Å². The number of hydrogen-bond donors (Lipinski definition) is 2. The van der Waals surface area contributed by atoms with Crippen LogP contribution < -0.4 is 10.6 Å². The quantitative estimate of drug-likeness (QED) is 0.374. The monoisotopic (exact) mass is 408 g/mol. The lowest BCUT2D eigenvalue weighted by Gasteiger charge is -2.36. The molecule has 158 valence electrons. The lowest BCUT2D eigenvalue weighted by molar-refractivity contribution is 0.0420. The van der Waals surface area contributed by atoms with E-state index in [4.69, 9.17) is 9.47 Å². The highest BCUT2D eigenvalue weighted by molar-refractivity contribution is 7.10. The molecule has 0 amide bonds. The van der Waals surface area contributed by atoms with Gasteiger partial charge >= 0.3 is 0 Å². The molecule has 0 aliphatic carbocycles. The van der Waals surface area contributed by atoms with Gasteiger partial charge in [0, 0.05) is 38.2 Å². The fourth-order valence-electron chi connectivity index (χ4n) is 3.82. The van der Waals surface area contributed by atoms with E-state index in [0.29, 0.717) is 6.04 Å². The standard InChI is InChI=1S/C21H36N4O2S/c1-17-6-10-25(11-7-17)19(20-5-3-14-28-20)15-24-21(22-2)23-9-4-12-27-18-8-13-26-16-18/h3,5,14,17-19H,4,6-13,15-16H2,1-2H3,(H2,22,23,24). The molecule has 2 saturated heterocycles. The van der Waals surface area contributed by atoms with Crippen molar-refractivity contribution in [3.8, 4) is 0 Å². The zero-order chi connectivity index (χ0) is 19.6. The third kappa shape index (κ3) is 6.72. The Labute approximate surface area is 173 Å². The Morgan fingerprint density at radius 3 is 2.89 bits per heavy atom. The first kappa shape index (κ1) is 21.6. The molecule has 2 N–H and O–H groups in total. The molecule has 0 spiro atoms. The van der Waals surface area contributed by atoms with Crippen molar-refractivity contribution in [2.75, 3.05) is 53.0 Å². The largest absolute Gasteiger partial charge is 0.379 e. The fourth-order valence-corrected chi connectivity index (χ4v) is 4.68. The zero-order valence-electron chi connectivity index (χ0n) is 17.4. The topological polar surface area (TPSA) is 58.1 Å². The van der Waals surface area contributed by atoms with E-state index >= 15 is 0 Å². The Balaban J connectivity index is 1.40. The second-order valence-electron chi connectivity index (χ2n) is 7.84. The number of guanidine groups is 1. The van der Waals surface area contributed by atoms with Crippen molar-refractivity contribution in [1.29, 1.82) is 0 Å². The summed E-state index contributed by atoms with van der Waals surface area (Å²) in [6, 6.07) is 4.83. The van der Waals surface area contributed by atoms with E-state index in [2.05, 4.69) is 45.0 Å². The van der Waals surface area contributed by atoms with Crippen LogP contribution in [0.25, 0.3) is 0 Å². The number of nitrogens with one attached hydrogen (secondary N) is 2. The molecule has 0 bridgehead atoms. The fraction of sp³-hybridized carbons (Fsp3) is 0.762.